The first-order valence-corrected chi connectivity index (χ1v) is 8.50. The Morgan fingerprint density at radius 3 is 2.68 bits per heavy atom. The van der Waals surface area contributed by atoms with Crippen LogP contribution in [0.15, 0.2) is 18.2 Å². The zero-order valence-corrected chi connectivity index (χ0v) is 12.6. The van der Waals surface area contributed by atoms with Crippen molar-refractivity contribution in [1.82, 2.24) is 0 Å². The highest BCUT2D eigenvalue weighted by Gasteiger charge is 2.11. The first-order valence-electron chi connectivity index (χ1n) is 6.31. The van der Waals surface area contributed by atoms with E-state index in [1.165, 1.54) is 0 Å². The van der Waals surface area contributed by atoms with E-state index >= 15 is 0 Å². The smallest absolute Gasteiger partial charge is 0.153 e. The summed E-state index contributed by atoms with van der Waals surface area (Å²) in [5.41, 5.74) is 6.36. The molecule has 2 N–H and O–H groups in total. The van der Waals surface area contributed by atoms with Crippen molar-refractivity contribution in [2.45, 2.75) is 19.8 Å². The zero-order valence-electron chi connectivity index (χ0n) is 11.1. The molecular weight excluding hydrogens is 286 g/mol. The van der Waals surface area contributed by atoms with E-state index in [0.717, 1.165) is 5.56 Å². The van der Waals surface area contributed by atoms with Crippen LogP contribution in [0.4, 0.5) is 0 Å². The molecule has 0 saturated heterocycles. The van der Waals surface area contributed by atoms with E-state index in [0.29, 0.717) is 30.2 Å². The minimum Gasteiger partial charge on any atom is -0.492 e. The Morgan fingerprint density at radius 2 is 2.05 bits per heavy atom. The van der Waals surface area contributed by atoms with Crippen LogP contribution in [0.25, 0.3) is 0 Å². The van der Waals surface area contributed by atoms with Crippen LogP contribution in [0.2, 0.25) is 5.02 Å². The highest BCUT2D eigenvalue weighted by Crippen LogP contribution is 2.26. The minimum absolute atomic E-state index is 0.0232. The van der Waals surface area contributed by atoms with Crippen LogP contribution in [0.1, 0.15) is 18.9 Å². The molecule has 0 fully saturated rings. The lowest BCUT2D eigenvalue weighted by molar-refractivity contribution is 0.337. The number of halogens is 1. The fraction of sp³-hybridized carbons (Fsp3) is 0.538. The highest BCUT2D eigenvalue weighted by atomic mass is 35.5. The lowest BCUT2D eigenvalue weighted by atomic mass is 10.1. The molecule has 0 spiro atoms. The minimum atomic E-state index is -3.02. The van der Waals surface area contributed by atoms with Gasteiger partial charge in [0.1, 0.15) is 12.4 Å². The molecule has 0 aromatic heterocycles. The third kappa shape index (κ3) is 5.38. The summed E-state index contributed by atoms with van der Waals surface area (Å²) < 4.78 is 28.7. The topological polar surface area (TPSA) is 69.4 Å². The Kier molecular flexibility index (Phi) is 6.62. The molecule has 0 aliphatic carbocycles. The van der Waals surface area contributed by atoms with Crippen molar-refractivity contribution < 1.29 is 13.2 Å². The Labute approximate surface area is 119 Å². The van der Waals surface area contributed by atoms with Gasteiger partial charge >= 0.3 is 0 Å². The molecule has 0 aliphatic rings. The van der Waals surface area contributed by atoms with Gasteiger partial charge in [0.2, 0.25) is 0 Å². The summed E-state index contributed by atoms with van der Waals surface area (Å²) in [6.07, 6.45) is 1.23. The fourth-order valence-electron chi connectivity index (χ4n) is 1.75. The Balaban J connectivity index is 2.65. The number of ether oxygens (including phenoxy) is 1. The van der Waals surface area contributed by atoms with Crippen molar-refractivity contribution in [3.63, 3.8) is 0 Å². The number of hydrogen-bond donors (Lipinski definition) is 1. The Bertz CT molecular complexity index is 503. The van der Waals surface area contributed by atoms with Gasteiger partial charge in [-0.2, -0.15) is 0 Å². The predicted molar refractivity (Wildman–Crippen MR) is 78.7 cm³/mol. The van der Waals surface area contributed by atoms with Gasteiger partial charge in [0.05, 0.1) is 11.5 Å². The number of nitrogens with two attached hydrogens (primary N) is 1. The van der Waals surface area contributed by atoms with Crippen LogP contribution in [-0.4, -0.2) is 33.1 Å². The molecule has 0 bridgehead atoms. The van der Waals surface area contributed by atoms with Crippen LogP contribution in [0.5, 0.6) is 5.75 Å². The number of sulfone groups is 1. The summed E-state index contributed by atoms with van der Waals surface area (Å²) in [5.74, 6) is 0.835. The molecule has 0 atom stereocenters. The average Bonchev–Trinajstić information content (AvgIpc) is 2.33. The molecule has 4 nitrogen and oxygen atoms in total. The normalized spacial score (nSPS) is 11.5. The molecule has 0 heterocycles. The van der Waals surface area contributed by atoms with E-state index in [1.807, 2.05) is 6.92 Å². The van der Waals surface area contributed by atoms with Gasteiger partial charge in [-0.3, -0.25) is 0 Å². The van der Waals surface area contributed by atoms with Crippen LogP contribution in [0.3, 0.4) is 0 Å². The predicted octanol–water partition coefficient (Wildman–Crippen LogP) is 2.04. The lowest BCUT2D eigenvalue weighted by Crippen LogP contribution is -2.17. The van der Waals surface area contributed by atoms with Crippen LogP contribution in [-0.2, 0) is 16.3 Å². The van der Waals surface area contributed by atoms with E-state index in [-0.39, 0.29) is 18.1 Å². The van der Waals surface area contributed by atoms with Crippen LogP contribution < -0.4 is 10.5 Å². The van der Waals surface area contributed by atoms with Gasteiger partial charge in [0, 0.05) is 10.6 Å². The number of rotatable bonds is 8. The molecule has 1 aromatic rings. The van der Waals surface area contributed by atoms with Gasteiger partial charge in [-0.25, -0.2) is 8.42 Å². The summed E-state index contributed by atoms with van der Waals surface area (Å²) in [6.45, 7) is 2.45. The fourth-order valence-corrected chi connectivity index (χ4v) is 3.18. The first kappa shape index (κ1) is 16.3. The second-order valence-electron chi connectivity index (χ2n) is 4.26. The van der Waals surface area contributed by atoms with Gasteiger partial charge in [-0.05, 0) is 31.5 Å². The van der Waals surface area contributed by atoms with E-state index < -0.39 is 9.84 Å². The summed E-state index contributed by atoms with van der Waals surface area (Å²) in [6, 6.07) is 5.33. The van der Waals surface area contributed by atoms with E-state index in [1.54, 1.807) is 18.2 Å². The van der Waals surface area contributed by atoms with Crippen molar-refractivity contribution in [2.75, 3.05) is 24.7 Å². The molecule has 1 aromatic carbocycles. The molecule has 0 unspecified atom stereocenters. The summed E-state index contributed by atoms with van der Waals surface area (Å²) >= 11 is 6.07. The van der Waals surface area contributed by atoms with Crippen molar-refractivity contribution in [2.24, 2.45) is 5.73 Å². The van der Waals surface area contributed by atoms with E-state index in [2.05, 4.69) is 0 Å². The molecule has 0 saturated carbocycles. The maximum absolute atomic E-state index is 11.6. The Morgan fingerprint density at radius 1 is 1.32 bits per heavy atom. The molecule has 108 valence electrons. The van der Waals surface area contributed by atoms with E-state index in [4.69, 9.17) is 22.1 Å². The largest absolute Gasteiger partial charge is 0.492 e. The third-order valence-corrected chi connectivity index (χ3v) is 4.81. The maximum Gasteiger partial charge on any atom is 0.153 e. The molecule has 0 radical (unpaired) electrons. The summed E-state index contributed by atoms with van der Waals surface area (Å²) in [7, 11) is -3.02. The first-order chi connectivity index (χ1) is 9.00. The monoisotopic (exact) mass is 305 g/mol. The van der Waals surface area contributed by atoms with Gasteiger partial charge in [0.15, 0.2) is 9.84 Å². The molecule has 1 rings (SSSR count). The Hall–Kier alpha value is -0.780. The van der Waals surface area contributed by atoms with Crippen LogP contribution in [0, 0.1) is 0 Å². The highest BCUT2D eigenvalue weighted by molar-refractivity contribution is 7.91. The average molecular weight is 306 g/mol. The standard InChI is InChI=1S/C13H20ClNO3S/c1-2-9-19(16,17)10-8-18-13-5-3-4-12(14)11(13)6-7-15/h3-5H,2,6-10,15H2,1H3. The van der Waals surface area contributed by atoms with Crippen LogP contribution >= 0.6 is 11.6 Å². The summed E-state index contributed by atoms with van der Waals surface area (Å²) in [5, 5.41) is 0.597. The zero-order chi connectivity index (χ0) is 14.3. The van der Waals surface area contributed by atoms with Crippen molar-refractivity contribution in [1.29, 1.82) is 0 Å². The molecule has 0 aliphatic heterocycles. The second kappa shape index (κ2) is 7.72. The SMILES string of the molecule is CCCS(=O)(=O)CCOc1cccc(Cl)c1CCN. The number of hydrogen-bond acceptors (Lipinski definition) is 4. The van der Waals surface area contributed by atoms with Gasteiger partial charge in [0.25, 0.3) is 0 Å². The molecule has 6 heteroatoms. The second-order valence-corrected chi connectivity index (χ2v) is 6.97. The van der Waals surface area contributed by atoms with Crippen molar-refractivity contribution in [3.05, 3.63) is 28.8 Å². The summed E-state index contributed by atoms with van der Waals surface area (Å²) in [4.78, 5) is 0. The molecule has 0 amide bonds. The van der Waals surface area contributed by atoms with E-state index in [9.17, 15) is 8.42 Å². The molecular formula is C13H20ClNO3S. The lowest BCUT2D eigenvalue weighted by Gasteiger charge is -2.12. The van der Waals surface area contributed by atoms with Crippen molar-refractivity contribution in [3.8, 4) is 5.75 Å². The van der Waals surface area contributed by atoms with Crippen molar-refractivity contribution >= 4 is 21.4 Å². The molecule has 19 heavy (non-hydrogen) atoms. The van der Waals surface area contributed by atoms with Gasteiger partial charge in [-0.1, -0.05) is 24.6 Å². The van der Waals surface area contributed by atoms with Gasteiger partial charge in [-0.15, -0.1) is 0 Å². The maximum atomic E-state index is 11.6. The third-order valence-electron chi connectivity index (χ3n) is 2.64. The quantitative estimate of drug-likeness (QED) is 0.798. The van der Waals surface area contributed by atoms with Gasteiger partial charge < -0.3 is 10.5 Å². The number of benzene rings is 1.